The highest BCUT2D eigenvalue weighted by Gasteiger charge is 2.33. The van der Waals surface area contributed by atoms with E-state index in [0.29, 0.717) is 0 Å². The van der Waals surface area contributed by atoms with Gasteiger partial charge in [0.1, 0.15) is 0 Å². The largest absolute Gasteiger partial charge is 0.338 e. The summed E-state index contributed by atoms with van der Waals surface area (Å²) in [6.45, 7) is 7.34. The topological polar surface area (TPSA) is 33.2 Å². The zero-order chi connectivity index (χ0) is 12.3. The lowest BCUT2D eigenvalue weighted by molar-refractivity contribution is -0.128. The van der Waals surface area contributed by atoms with E-state index in [1.54, 1.807) is 6.20 Å². The van der Waals surface area contributed by atoms with Crippen molar-refractivity contribution in [3.63, 3.8) is 0 Å². The molecule has 0 saturated carbocycles. The van der Waals surface area contributed by atoms with Crippen LogP contribution in [0.2, 0.25) is 0 Å². The SMILES string of the molecule is C=CC(=O)N1CCCC(C)(c2cccnc2)C1. The lowest BCUT2D eigenvalue weighted by Gasteiger charge is -2.40. The molecule has 1 aliphatic heterocycles. The molecular weight excluding hydrogens is 212 g/mol. The molecule has 1 aromatic heterocycles. The van der Waals surface area contributed by atoms with Crippen LogP contribution in [0.15, 0.2) is 37.2 Å². The number of piperidine rings is 1. The van der Waals surface area contributed by atoms with Crippen LogP contribution in [0.25, 0.3) is 0 Å². The molecule has 0 N–H and O–H groups in total. The van der Waals surface area contributed by atoms with Crippen LogP contribution in [0, 0.1) is 0 Å². The van der Waals surface area contributed by atoms with Crippen LogP contribution in [0.5, 0.6) is 0 Å². The fourth-order valence-electron chi connectivity index (χ4n) is 2.51. The molecule has 1 aliphatic rings. The van der Waals surface area contributed by atoms with Crippen LogP contribution in [-0.4, -0.2) is 28.9 Å². The van der Waals surface area contributed by atoms with E-state index in [-0.39, 0.29) is 11.3 Å². The maximum atomic E-state index is 11.7. The van der Waals surface area contributed by atoms with Gasteiger partial charge in [0, 0.05) is 30.9 Å². The lowest BCUT2D eigenvalue weighted by atomic mass is 9.76. The van der Waals surface area contributed by atoms with Gasteiger partial charge < -0.3 is 4.90 Å². The first-order valence-corrected chi connectivity index (χ1v) is 5.97. The predicted molar refractivity (Wildman–Crippen MR) is 67.6 cm³/mol. The summed E-state index contributed by atoms with van der Waals surface area (Å²) in [6.07, 6.45) is 7.21. The van der Waals surface area contributed by atoms with E-state index in [2.05, 4.69) is 24.6 Å². The summed E-state index contributed by atoms with van der Waals surface area (Å²) >= 11 is 0. The van der Waals surface area contributed by atoms with Crippen molar-refractivity contribution < 1.29 is 4.79 Å². The summed E-state index contributed by atoms with van der Waals surface area (Å²) in [4.78, 5) is 17.7. The number of amides is 1. The molecule has 0 aromatic carbocycles. The van der Waals surface area contributed by atoms with Crippen molar-refractivity contribution in [3.05, 3.63) is 42.7 Å². The van der Waals surface area contributed by atoms with Gasteiger partial charge in [-0.15, -0.1) is 0 Å². The average Bonchev–Trinajstić information content (AvgIpc) is 2.39. The molecule has 2 rings (SSSR count). The first-order valence-electron chi connectivity index (χ1n) is 5.97. The Morgan fingerprint density at radius 3 is 3.12 bits per heavy atom. The minimum Gasteiger partial charge on any atom is -0.338 e. The van der Waals surface area contributed by atoms with E-state index in [9.17, 15) is 4.79 Å². The number of likely N-dealkylation sites (tertiary alicyclic amines) is 1. The van der Waals surface area contributed by atoms with Gasteiger partial charge in [0.15, 0.2) is 0 Å². The Balaban J connectivity index is 2.21. The molecular formula is C14H18N2O. The Hall–Kier alpha value is -1.64. The van der Waals surface area contributed by atoms with Crippen molar-refractivity contribution in [1.29, 1.82) is 0 Å². The molecule has 3 nitrogen and oxygen atoms in total. The molecule has 3 heteroatoms. The van der Waals surface area contributed by atoms with Gasteiger partial charge in [0.2, 0.25) is 5.91 Å². The molecule has 1 atom stereocenters. The van der Waals surface area contributed by atoms with Crippen LogP contribution < -0.4 is 0 Å². The summed E-state index contributed by atoms with van der Waals surface area (Å²) in [5.74, 6) is 0.0276. The van der Waals surface area contributed by atoms with Crippen molar-refractivity contribution >= 4 is 5.91 Å². The van der Waals surface area contributed by atoms with Gasteiger partial charge in [-0.3, -0.25) is 9.78 Å². The average molecular weight is 230 g/mol. The van der Waals surface area contributed by atoms with Crippen molar-refractivity contribution in [3.8, 4) is 0 Å². The number of hydrogen-bond donors (Lipinski definition) is 0. The zero-order valence-corrected chi connectivity index (χ0v) is 10.2. The monoisotopic (exact) mass is 230 g/mol. The normalized spacial score (nSPS) is 24.4. The summed E-state index contributed by atoms with van der Waals surface area (Å²) in [5.41, 5.74) is 1.23. The molecule has 90 valence electrons. The predicted octanol–water partition coefficient (Wildman–Crippen LogP) is 2.15. The quantitative estimate of drug-likeness (QED) is 0.729. The molecule has 1 unspecified atom stereocenters. The molecule has 1 saturated heterocycles. The van der Waals surface area contributed by atoms with E-state index in [4.69, 9.17) is 0 Å². The summed E-state index contributed by atoms with van der Waals surface area (Å²) in [7, 11) is 0. The van der Waals surface area contributed by atoms with Crippen LogP contribution in [-0.2, 0) is 10.2 Å². The Morgan fingerprint density at radius 2 is 2.47 bits per heavy atom. The third-order valence-corrected chi connectivity index (χ3v) is 3.54. The standard InChI is InChI=1S/C14H18N2O/c1-3-13(17)16-9-5-7-14(2,11-16)12-6-4-8-15-10-12/h3-4,6,8,10H,1,5,7,9,11H2,2H3. The second-order valence-corrected chi connectivity index (χ2v) is 4.87. The Morgan fingerprint density at radius 1 is 1.65 bits per heavy atom. The lowest BCUT2D eigenvalue weighted by Crippen LogP contribution is -2.46. The molecule has 1 amide bonds. The summed E-state index contributed by atoms with van der Waals surface area (Å²) in [5, 5.41) is 0. The van der Waals surface area contributed by atoms with Gasteiger partial charge in [-0.1, -0.05) is 19.6 Å². The van der Waals surface area contributed by atoms with E-state index in [0.717, 1.165) is 25.9 Å². The third kappa shape index (κ3) is 2.38. The molecule has 0 radical (unpaired) electrons. The number of carbonyl (C=O) groups excluding carboxylic acids is 1. The van der Waals surface area contributed by atoms with Crippen LogP contribution in [0.4, 0.5) is 0 Å². The Kier molecular flexibility index (Phi) is 3.27. The first-order chi connectivity index (χ1) is 8.15. The van der Waals surface area contributed by atoms with E-state index in [1.807, 2.05) is 17.2 Å². The Bertz CT molecular complexity index is 415. The number of carbonyl (C=O) groups is 1. The molecule has 0 spiro atoms. The minimum atomic E-state index is 0.0190. The second-order valence-electron chi connectivity index (χ2n) is 4.87. The smallest absolute Gasteiger partial charge is 0.245 e. The van der Waals surface area contributed by atoms with E-state index < -0.39 is 0 Å². The maximum absolute atomic E-state index is 11.7. The number of hydrogen-bond acceptors (Lipinski definition) is 2. The highest BCUT2D eigenvalue weighted by atomic mass is 16.2. The van der Waals surface area contributed by atoms with Gasteiger partial charge in [0.05, 0.1) is 0 Å². The fraction of sp³-hybridized carbons (Fsp3) is 0.429. The number of rotatable bonds is 2. The fourth-order valence-corrected chi connectivity index (χ4v) is 2.51. The molecule has 2 heterocycles. The molecule has 1 fully saturated rings. The van der Waals surface area contributed by atoms with Gasteiger partial charge in [-0.2, -0.15) is 0 Å². The molecule has 1 aromatic rings. The number of pyridine rings is 1. The van der Waals surface area contributed by atoms with Crippen molar-refractivity contribution in [2.75, 3.05) is 13.1 Å². The summed E-state index contributed by atoms with van der Waals surface area (Å²) < 4.78 is 0. The maximum Gasteiger partial charge on any atom is 0.245 e. The van der Waals surface area contributed by atoms with Crippen molar-refractivity contribution in [2.45, 2.75) is 25.2 Å². The Labute approximate surface area is 102 Å². The highest BCUT2D eigenvalue weighted by Crippen LogP contribution is 2.33. The first kappa shape index (κ1) is 11.8. The van der Waals surface area contributed by atoms with E-state index in [1.165, 1.54) is 11.6 Å². The minimum absolute atomic E-state index is 0.0190. The zero-order valence-electron chi connectivity index (χ0n) is 10.2. The van der Waals surface area contributed by atoms with Crippen molar-refractivity contribution in [1.82, 2.24) is 9.88 Å². The third-order valence-electron chi connectivity index (χ3n) is 3.54. The van der Waals surface area contributed by atoms with E-state index >= 15 is 0 Å². The van der Waals surface area contributed by atoms with Gasteiger partial charge in [0.25, 0.3) is 0 Å². The molecule has 0 bridgehead atoms. The molecule has 0 aliphatic carbocycles. The van der Waals surface area contributed by atoms with Gasteiger partial charge in [-0.05, 0) is 30.5 Å². The highest BCUT2D eigenvalue weighted by molar-refractivity contribution is 5.87. The van der Waals surface area contributed by atoms with Gasteiger partial charge in [-0.25, -0.2) is 0 Å². The van der Waals surface area contributed by atoms with Crippen molar-refractivity contribution in [2.24, 2.45) is 0 Å². The van der Waals surface area contributed by atoms with Crippen LogP contribution in [0.3, 0.4) is 0 Å². The molecule has 17 heavy (non-hydrogen) atoms. The number of aromatic nitrogens is 1. The number of nitrogens with zero attached hydrogens (tertiary/aromatic N) is 2. The second kappa shape index (κ2) is 4.70. The van der Waals surface area contributed by atoms with Gasteiger partial charge >= 0.3 is 0 Å². The van der Waals surface area contributed by atoms with Crippen LogP contribution >= 0.6 is 0 Å². The summed E-state index contributed by atoms with van der Waals surface area (Å²) in [6, 6.07) is 4.05. The van der Waals surface area contributed by atoms with Crippen LogP contribution in [0.1, 0.15) is 25.3 Å².